The number of nitrogens with one attached hydrogen (secondary N) is 2. The predicted octanol–water partition coefficient (Wildman–Crippen LogP) is 7.11. The summed E-state index contributed by atoms with van der Waals surface area (Å²) in [6, 6.07) is 27.6. The minimum Gasteiger partial charge on any atom is -0.497 e. The van der Waals surface area contributed by atoms with E-state index in [1.807, 2.05) is 84.9 Å². The summed E-state index contributed by atoms with van der Waals surface area (Å²) in [6.07, 6.45) is 0. The molecule has 0 saturated heterocycles. The van der Waals surface area contributed by atoms with Gasteiger partial charge in [0.2, 0.25) is 5.75 Å². The van der Waals surface area contributed by atoms with Crippen molar-refractivity contribution < 1.29 is 23.7 Å². The van der Waals surface area contributed by atoms with Gasteiger partial charge < -0.3 is 34.3 Å². The summed E-state index contributed by atoms with van der Waals surface area (Å²) in [5.74, 6) is 3.63. The second-order valence-corrected chi connectivity index (χ2v) is 8.62. The first kappa shape index (κ1) is 26.7. The maximum Gasteiger partial charge on any atom is 0.204 e. The van der Waals surface area contributed by atoms with Crippen molar-refractivity contribution in [3.8, 4) is 34.5 Å². The van der Waals surface area contributed by atoms with E-state index in [1.165, 1.54) is 0 Å². The molecule has 0 aliphatic carbocycles. The van der Waals surface area contributed by atoms with Gasteiger partial charge in [-0.05, 0) is 48.9 Å². The van der Waals surface area contributed by atoms with E-state index in [9.17, 15) is 0 Å². The molecule has 7 heteroatoms. The second kappa shape index (κ2) is 12.7. The van der Waals surface area contributed by atoms with E-state index in [4.69, 9.17) is 23.7 Å². The van der Waals surface area contributed by atoms with Gasteiger partial charge in [0.25, 0.3) is 0 Å². The average molecular weight is 515 g/mol. The molecular weight excluding hydrogens is 480 g/mol. The predicted molar refractivity (Wildman–Crippen MR) is 151 cm³/mol. The Morgan fingerprint density at radius 3 is 2.00 bits per heavy atom. The van der Waals surface area contributed by atoms with Crippen molar-refractivity contribution in [1.29, 1.82) is 0 Å². The molecule has 0 heterocycles. The molecule has 0 saturated carbocycles. The molecule has 0 amide bonds. The van der Waals surface area contributed by atoms with Crippen molar-refractivity contribution in [2.45, 2.75) is 19.5 Å². The number of methoxy groups -OCH3 is 4. The molecule has 0 aliphatic rings. The lowest BCUT2D eigenvalue weighted by Crippen LogP contribution is -2.19. The number of anilines is 2. The standard InChI is InChI=1S/C31H34N2O5/c1-21(22-14-16-25(34-2)17-15-22)32-20-27-28(35-3)19-29(31(37-5)30(27)36-4)38-26-13-9-12-24(18-26)33-23-10-7-6-8-11-23/h6-19,21,32-33H,20H2,1-5H3/t21-/m1/s1. The molecule has 198 valence electrons. The molecule has 0 bridgehead atoms. The van der Waals surface area contributed by atoms with Crippen molar-refractivity contribution in [2.24, 2.45) is 0 Å². The van der Waals surface area contributed by atoms with Crippen LogP contribution >= 0.6 is 0 Å². The summed E-state index contributed by atoms with van der Waals surface area (Å²) in [5.41, 5.74) is 3.87. The maximum absolute atomic E-state index is 6.28. The zero-order valence-electron chi connectivity index (χ0n) is 22.4. The van der Waals surface area contributed by atoms with E-state index in [0.717, 1.165) is 28.3 Å². The maximum atomic E-state index is 6.28. The quantitative estimate of drug-likeness (QED) is 0.209. The molecule has 38 heavy (non-hydrogen) atoms. The summed E-state index contributed by atoms with van der Waals surface area (Å²) in [5, 5.41) is 6.93. The molecule has 4 aromatic carbocycles. The SMILES string of the molecule is COc1ccc([C@@H](C)NCc2c(OC)cc(Oc3cccc(Nc4ccccc4)c3)c(OC)c2OC)cc1. The molecule has 0 radical (unpaired) electrons. The fraction of sp³-hybridized carbons (Fsp3) is 0.226. The largest absolute Gasteiger partial charge is 0.497 e. The van der Waals surface area contributed by atoms with Gasteiger partial charge in [-0.15, -0.1) is 0 Å². The summed E-state index contributed by atoms with van der Waals surface area (Å²) >= 11 is 0. The van der Waals surface area contributed by atoms with Gasteiger partial charge in [-0.1, -0.05) is 36.4 Å². The van der Waals surface area contributed by atoms with Gasteiger partial charge in [-0.3, -0.25) is 0 Å². The van der Waals surface area contributed by atoms with Gasteiger partial charge in [0, 0.05) is 36.1 Å². The van der Waals surface area contributed by atoms with Gasteiger partial charge in [-0.2, -0.15) is 0 Å². The highest BCUT2D eigenvalue weighted by Gasteiger charge is 2.23. The number of hydrogen-bond acceptors (Lipinski definition) is 7. The monoisotopic (exact) mass is 514 g/mol. The molecule has 0 spiro atoms. The average Bonchev–Trinajstić information content (AvgIpc) is 2.96. The van der Waals surface area contributed by atoms with Crippen LogP contribution in [0.5, 0.6) is 34.5 Å². The first-order chi connectivity index (χ1) is 18.6. The van der Waals surface area contributed by atoms with Gasteiger partial charge in [0.15, 0.2) is 11.5 Å². The molecule has 0 aromatic heterocycles. The van der Waals surface area contributed by atoms with Gasteiger partial charge in [0.05, 0.1) is 34.0 Å². The minimum atomic E-state index is 0.0806. The van der Waals surface area contributed by atoms with Crippen LogP contribution in [0, 0.1) is 0 Å². The Kier molecular flexibility index (Phi) is 8.95. The third-order valence-corrected chi connectivity index (χ3v) is 6.22. The van der Waals surface area contributed by atoms with Crippen molar-refractivity contribution in [3.05, 3.63) is 96.1 Å². The Morgan fingerprint density at radius 1 is 0.632 bits per heavy atom. The van der Waals surface area contributed by atoms with Gasteiger partial charge in [0.1, 0.15) is 17.2 Å². The molecule has 0 fully saturated rings. The Labute approximate surface area is 224 Å². The minimum absolute atomic E-state index is 0.0806. The van der Waals surface area contributed by atoms with Crippen LogP contribution in [0.1, 0.15) is 24.1 Å². The van der Waals surface area contributed by atoms with Crippen LogP contribution in [0.25, 0.3) is 0 Å². The molecule has 0 unspecified atom stereocenters. The Balaban J connectivity index is 1.57. The molecule has 4 aromatic rings. The fourth-order valence-corrected chi connectivity index (χ4v) is 4.19. The van der Waals surface area contributed by atoms with E-state index in [-0.39, 0.29) is 6.04 Å². The van der Waals surface area contributed by atoms with Gasteiger partial charge >= 0.3 is 0 Å². The van der Waals surface area contributed by atoms with E-state index in [1.54, 1.807) is 28.4 Å². The normalized spacial score (nSPS) is 11.4. The van der Waals surface area contributed by atoms with E-state index in [2.05, 4.69) is 17.6 Å². The highest BCUT2D eigenvalue weighted by molar-refractivity contribution is 5.64. The van der Waals surface area contributed by atoms with Crippen molar-refractivity contribution >= 4 is 11.4 Å². The molecule has 7 nitrogen and oxygen atoms in total. The molecular formula is C31H34N2O5. The molecule has 0 aliphatic heterocycles. The first-order valence-corrected chi connectivity index (χ1v) is 12.4. The van der Waals surface area contributed by atoms with Gasteiger partial charge in [-0.25, -0.2) is 0 Å². The number of rotatable bonds is 12. The van der Waals surface area contributed by atoms with E-state index >= 15 is 0 Å². The highest BCUT2D eigenvalue weighted by Crippen LogP contribution is 2.47. The lowest BCUT2D eigenvalue weighted by atomic mass is 10.1. The number of hydrogen-bond donors (Lipinski definition) is 2. The number of benzene rings is 4. The third-order valence-electron chi connectivity index (χ3n) is 6.22. The molecule has 2 N–H and O–H groups in total. The van der Waals surface area contributed by atoms with Crippen molar-refractivity contribution in [1.82, 2.24) is 5.32 Å². The van der Waals surface area contributed by atoms with Crippen molar-refractivity contribution in [2.75, 3.05) is 33.8 Å². The lowest BCUT2D eigenvalue weighted by Gasteiger charge is -2.22. The van der Waals surface area contributed by atoms with E-state index in [0.29, 0.717) is 35.3 Å². The number of ether oxygens (including phenoxy) is 5. The Bertz CT molecular complexity index is 1330. The highest BCUT2D eigenvalue weighted by atomic mass is 16.5. The lowest BCUT2D eigenvalue weighted by molar-refractivity contribution is 0.324. The topological polar surface area (TPSA) is 70.2 Å². The Hall–Kier alpha value is -4.36. The van der Waals surface area contributed by atoms with Crippen LogP contribution in [0.15, 0.2) is 84.9 Å². The van der Waals surface area contributed by atoms with Crippen LogP contribution in [-0.4, -0.2) is 28.4 Å². The van der Waals surface area contributed by atoms with Crippen LogP contribution in [0.2, 0.25) is 0 Å². The van der Waals surface area contributed by atoms with Crippen LogP contribution in [0.4, 0.5) is 11.4 Å². The summed E-state index contributed by atoms with van der Waals surface area (Å²) in [7, 11) is 6.50. The third kappa shape index (κ3) is 6.30. The fourth-order valence-electron chi connectivity index (χ4n) is 4.19. The van der Waals surface area contributed by atoms with Crippen molar-refractivity contribution in [3.63, 3.8) is 0 Å². The molecule has 4 rings (SSSR count). The summed E-state index contributed by atoms with van der Waals surface area (Å²) in [4.78, 5) is 0. The van der Waals surface area contributed by atoms with Crippen LogP contribution in [-0.2, 0) is 6.54 Å². The summed E-state index contributed by atoms with van der Waals surface area (Å²) < 4.78 is 28.9. The summed E-state index contributed by atoms with van der Waals surface area (Å²) in [6.45, 7) is 2.60. The number of para-hydroxylation sites is 1. The van der Waals surface area contributed by atoms with Crippen LogP contribution < -0.4 is 34.3 Å². The molecule has 1 atom stereocenters. The first-order valence-electron chi connectivity index (χ1n) is 12.4. The van der Waals surface area contributed by atoms with E-state index < -0.39 is 0 Å². The zero-order chi connectivity index (χ0) is 26.9. The smallest absolute Gasteiger partial charge is 0.204 e. The Morgan fingerprint density at radius 2 is 1.34 bits per heavy atom. The zero-order valence-corrected chi connectivity index (χ0v) is 22.4. The second-order valence-electron chi connectivity index (χ2n) is 8.62. The van der Waals surface area contributed by atoms with Crippen LogP contribution in [0.3, 0.4) is 0 Å².